The first-order valence-electron chi connectivity index (χ1n) is 6.25. The van der Waals surface area contributed by atoms with Crippen molar-refractivity contribution in [1.29, 1.82) is 0 Å². The maximum absolute atomic E-state index is 10.6. The molecule has 0 unspecified atom stereocenters. The average Bonchev–Trinajstić information content (AvgIpc) is 2.48. The van der Waals surface area contributed by atoms with Crippen LogP contribution in [0.5, 0.6) is 5.75 Å². The number of nitrogens with one attached hydrogen (secondary N) is 1. The Labute approximate surface area is 117 Å². The van der Waals surface area contributed by atoms with E-state index in [1.54, 1.807) is 19.2 Å². The molecule has 104 valence electrons. The van der Waals surface area contributed by atoms with E-state index in [0.29, 0.717) is 0 Å². The summed E-state index contributed by atoms with van der Waals surface area (Å²) >= 11 is 0. The molecule has 1 atom stereocenters. The molecule has 5 heteroatoms. The number of hydrogen-bond donors (Lipinski definition) is 1. The average molecular weight is 272 g/mol. The third-order valence-corrected chi connectivity index (χ3v) is 3.08. The van der Waals surface area contributed by atoms with E-state index >= 15 is 0 Å². The molecule has 2 rings (SSSR count). The molecule has 0 radical (unpaired) electrons. The largest absolute Gasteiger partial charge is 0.497 e. The SMILES string of the molecule is COc1ccc(N[C@H](C)c2ccc([N+](=O)[O-])cc2)cc1. The zero-order valence-corrected chi connectivity index (χ0v) is 11.4. The number of nitro groups is 1. The van der Waals surface area contributed by atoms with Gasteiger partial charge in [-0.1, -0.05) is 12.1 Å². The van der Waals surface area contributed by atoms with Crippen molar-refractivity contribution in [3.63, 3.8) is 0 Å². The van der Waals surface area contributed by atoms with Gasteiger partial charge in [-0.15, -0.1) is 0 Å². The fourth-order valence-corrected chi connectivity index (χ4v) is 1.91. The summed E-state index contributed by atoms with van der Waals surface area (Å²) in [6.07, 6.45) is 0. The molecule has 0 saturated heterocycles. The van der Waals surface area contributed by atoms with Crippen molar-refractivity contribution >= 4 is 11.4 Å². The van der Waals surface area contributed by atoms with Gasteiger partial charge in [0.25, 0.3) is 5.69 Å². The van der Waals surface area contributed by atoms with Crippen molar-refractivity contribution in [2.75, 3.05) is 12.4 Å². The first kappa shape index (κ1) is 13.9. The molecule has 0 aromatic heterocycles. The van der Waals surface area contributed by atoms with Crippen molar-refractivity contribution in [3.05, 3.63) is 64.2 Å². The molecule has 1 N–H and O–H groups in total. The van der Waals surface area contributed by atoms with Crippen LogP contribution in [0.3, 0.4) is 0 Å². The molecule has 0 fully saturated rings. The summed E-state index contributed by atoms with van der Waals surface area (Å²) < 4.78 is 5.10. The molecule has 0 aliphatic carbocycles. The highest BCUT2D eigenvalue weighted by atomic mass is 16.6. The number of nitro benzene ring substituents is 1. The van der Waals surface area contributed by atoms with E-state index in [4.69, 9.17) is 4.74 Å². The topological polar surface area (TPSA) is 64.4 Å². The molecule has 0 spiro atoms. The smallest absolute Gasteiger partial charge is 0.269 e. The van der Waals surface area contributed by atoms with E-state index < -0.39 is 4.92 Å². The van der Waals surface area contributed by atoms with E-state index in [0.717, 1.165) is 17.0 Å². The van der Waals surface area contributed by atoms with Crippen LogP contribution in [-0.2, 0) is 0 Å². The Morgan fingerprint density at radius 2 is 1.70 bits per heavy atom. The number of anilines is 1. The molecule has 0 aliphatic rings. The Hall–Kier alpha value is -2.56. The quantitative estimate of drug-likeness (QED) is 0.664. The molecule has 0 heterocycles. The lowest BCUT2D eigenvalue weighted by molar-refractivity contribution is -0.384. The second kappa shape index (κ2) is 6.06. The van der Waals surface area contributed by atoms with Gasteiger partial charge in [0.1, 0.15) is 5.75 Å². The van der Waals surface area contributed by atoms with Crippen LogP contribution in [0.15, 0.2) is 48.5 Å². The molecule has 0 bridgehead atoms. The predicted octanol–water partition coefficient (Wildman–Crippen LogP) is 3.78. The molecular weight excluding hydrogens is 256 g/mol. The van der Waals surface area contributed by atoms with Gasteiger partial charge in [0.15, 0.2) is 0 Å². The highest BCUT2D eigenvalue weighted by Gasteiger charge is 2.09. The minimum Gasteiger partial charge on any atom is -0.497 e. The van der Waals surface area contributed by atoms with Gasteiger partial charge in [0.2, 0.25) is 0 Å². The number of hydrogen-bond acceptors (Lipinski definition) is 4. The number of benzene rings is 2. The number of rotatable bonds is 5. The first-order chi connectivity index (χ1) is 9.60. The summed E-state index contributed by atoms with van der Waals surface area (Å²) in [7, 11) is 1.63. The molecule has 0 amide bonds. The van der Waals surface area contributed by atoms with Crippen molar-refractivity contribution < 1.29 is 9.66 Å². The van der Waals surface area contributed by atoms with Crippen LogP contribution in [0.1, 0.15) is 18.5 Å². The van der Waals surface area contributed by atoms with Crippen molar-refractivity contribution in [2.24, 2.45) is 0 Å². The van der Waals surface area contributed by atoms with Gasteiger partial charge in [-0.25, -0.2) is 0 Å². The minimum absolute atomic E-state index is 0.0594. The van der Waals surface area contributed by atoms with Gasteiger partial charge in [-0.2, -0.15) is 0 Å². The lowest BCUT2D eigenvalue weighted by Crippen LogP contribution is -2.06. The second-order valence-corrected chi connectivity index (χ2v) is 4.44. The summed E-state index contributed by atoms with van der Waals surface area (Å²) in [4.78, 5) is 10.2. The van der Waals surface area contributed by atoms with Crippen LogP contribution in [0, 0.1) is 10.1 Å². The molecule has 0 saturated carbocycles. The van der Waals surface area contributed by atoms with E-state index in [1.165, 1.54) is 12.1 Å². The molecule has 5 nitrogen and oxygen atoms in total. The number of ether oxygens (including phenoxy) is 1. The van der Waals surface area contributed by atoms with E-state index in [-0.39, 0.29) is 11.7 Å². The predicted molar refractivity (Wildman–Crippen MR) is 78.1 cm³/mol. The highest BCUT2D eigenvalue weighted by Crippen LogP contribution is 2.23. The van der Waals surface area contributed by atoms with Crippen LogP contribution in [0.25, 0.3) is 0 Å². The number of nitrogens with zero attached hydrogens (tertiary/aromatic N) is 1. The van der Waals surface area contributed by atoms with Gasteiger partial charge < -0.3 is 10.1 Å². The number of methoxy groups -OCH3 is 1. The molecular formula is C15H16N2O3. The maximum atomic E-state index is 10.6. The van der Waals surface area contributed by atoms with Crippen molar-refractivity contribution in [1.82, 2.24) is 0 Å². The molecule has 2 aromatic rings. The van der Waals surface area contributed by atoms with Crippen LogP contribution in [0.2, 0.25) is 0 Å². The second-order valence-electron chi connectivity index (χ2n) is 4.44. The van der Waals surface area contributed by atoms with Crippen LogP contribution in [-0.4, -0.2) is 12.0 Å². The third-order valence-electron chi connectivity index (χ3n) is 3.08. The minimum atomic E-state index is -0.397. The zero-order chi connectivity index (χ0) is 14.5. The van der Waals surface area contributed by atoms with Gasteiger partial charge >= 0.3 is 0 Å². The van der Waals surface area contributed by atoms with E-state index in [2.05, 4.69) is 5.32 Å². The Bertz CT molecular complexity index is 579. The zero-order valence-electron chi connectivity index (χ0n) is 11.4. The third kappa shape index (κ3) is 3.26. The fourth-order valence-electron chi connectivity index (χ4n) is 1.91. The van der Waals surface area contributed by atoms with Crippen LogP contribution in [0.4, 0.5) is 11.4 Å². The molecule has 0 aliphatic heterocycles. The van der Waals surface area contributed by atoms with E-state index in [1.807, 2.05) is 31.2 Å². The van der Waals surface area contributed by atoms with Crippen molar-refractivity contribution in [2.45, 2.75) is 13.0 Å². The highest BCUT2D eigenvalue weighted by molar-refractivity contribution is 5.48. The fraction of sp³-hybridized carbons (Fsp3) is 0.200. The molecule has 2 aromatic carbocycles. The van der Waals surface area contributed by atoms with Gasteiger partial charge in [0.05, 0.1) is 12.0 Å². The van der Waals surface area contributed by atoms with Crippen LogP contribution >= 0.6 is 0 Å². The monoisotopic (exact) mass is 272 g/mol. The standard InChI is InChI=1S/C15H16N2O3/c1-11(12-3-7-14(8-4-12)17(18)19)16-13-5-9-15(20-2)10-6-13/h3-11,16H,1-2H3/t11-/m1/s1. The maximum Gasteiger partial charge on any atom is 0.269 e. The molecule has 20 heavy (non-hydrogen) atoms. The van der Waals surface area contributed by atoms with Crippen LogP contribution < -0.4 is 10.1 Å². The summed E-state index contributed by atoms with van der Waals surface area (Å²) in [5.74, 6) is 0.804. The Morgan fingerprint density at radius 1 is 1.10 bits per heavy atom. The first-order valence-corrected chi connectivity index (χ1v) is 6.25. The van der Waals surface area contributed by atoms with E-state index in [9.17, 15) is 10.1 Å². The normalized spacial score (nSPS) is 11.7. The summed E-state index contributed by atoms with van der Waals surface area (Å²) in [6.45, 7) is 2.01. The van der Waals surface area contributed by atoms with Crippen molar-refractivity contribution in [3.8, 4) is 5.75 Å². The lowest BCUT2D eigenvalue weighted by Gasteiger charge is -2.15. The lowest BCUT2D eigenvalue weighted by atomic mass is 10.1. The Balaban J connectivity index is 2.06. The number of non-ortho nitro benzene ring substituents is 1. The summed E-state index contributed by atoms with van der Waals surface area (Å²) in [5, 5.41) is 13.9. The van der Waals surface area contributed by atoms with Gasteiger partial charge in [-0.05, 0) is 36.8 Å². The van der Waals surface area contributed by atoms with Gasteiger partial charge in [0, 0.05) is 23.9 Å². The summed E-state index contributed by atoms with van der Waals surface area (Å²) in [5.41, 5.74) is 2.06. The van der Waals surface area contributed by atoms with Gasteiger partial charge in [-0.3, -0.25) is 10.1 Å². The Morgan fingerprint density at radius 3 is 2.20 bits per heavy atom. The Kier molecular flexibility index (Phi) is 4.20. The summed E-state index contributed by atoms with van der Waals surface area (Å²) in [6, 6.07) is 14.2.